The Morgan fingerprint density at radius 2 is 1.11 bits per heavy atom. The molecule has 0 atom stereocenters. The molecule has 37 heavy (non-hydrogen) atoms. The highest BCUT2D eigenvalue weighted by molar-refractivity contribution is 7.02. The Labute approximate surface area is 215 Å². The molecule has 2 nitrogen and oxygen atoms in total. The molecule has 1 aromatic heterocycles. The molecule has 0 aliphatic carbocycles. The Morgan fingerprint density at radius 3 is 1.95 bits per heavy atom. The first-order chi connectivity index (χ1) is 18.4. The zero-order valence-corrected chi connectivity index (χ0v) is 20.1. The van der Waals surface area contributed by atoms with Crippen molar-refractivity contribution in [3.05, 3.63) is 127 Å². The summed E-state index contributed by atoms with van der Waals surface area (Å²) in [6, 6.07) is 46.7. The van der Waals surface area contributed by atoms with E-state index in [1.54, 1.807) is 0 Å². The van der Waals surface area contributed by atoms with Gasteiger partial charge >= 0.3 is 0 Å². The van der Waals surface area contributed by atoms with Gasteiger partial charge in [-0.15, -0.1) is 0 Å². The van der Waals surface area contributed by atoms with Gasteiger partial charge in [-0.05, 0) is 70.2 Å². The van der Waals surface area contributed by atoms with Gasteiger partial charge in [0.1, 0.15) is 0 Å². The maximum atomic E-state index is 2.46. The molecule has 2 aliphatic rings. The van der Waals surface area contributed by atoms with Crippen molar-refractivity contribution in [2.24, 2.45) is 0 Å². The second-order valence-corrected chi connectivity index (χ2v) is 10.1. The average Bonchev–Trinajstić information content (AvgIpc) is 3.31. The van der Waals surface area contributed by atoms with Gasteiger partial charge in [-0.3, -0.25) is 0 Å². The molecule has 9 rings (SSSR count). The van der Waals surface area contributed by atoms with Crippen LogP contribution in [0.1, 0.15) is 0 Å². The van der Waals surface area contributed by atoms with E-state index in [1.807, 2.05) is 0 Å². The highest BCUT2D eigenvalue weighted by Gasteiger charge is 2.40. The van der Waals surface area contributed by atoms with Gasteiger partial charge in [0.15, 0.2) is 0 Å². The lowest BCUT2D eigenvalue weighted by Crippen LogP contribution is -2.58. The molecule has 0 saturated heterocycles. The molecule has 0 amide bonds. The van der Waals surface area contributed by atoms with E-state index in [0.717, 1.165) is 0 Å². The number of hydrogen-bond donors (Lipinski definition) is 0. The molecule has 0 unspecified atom stereocenters. The van der Waals surface area contributed by atoms with E-state index in [9.17, 15) is 0 Å². The highest BCUT2D eigenvalue weighted by Crippen LogP contribution is 2.43. The third kappa shape index (κ3) is 2.37. The van der Waals surface area contributed by atoms with Crippen LogP contribution in [0, 0.1) is 0 Å². The zero-order chi connectivity index (χ0) is 24.1. The predicted molar refractivity (Wildman–Crippen MR) is 158 cm³/mol. The van der Waals surface area contributed by atoms with Crippen molar-refractivity contribution in [2.75, 3.05) is 4.90 Å². The number of anilines is 3. The van der Waals surface area contributed by atoms with Crippen molar-refractivity contribution in [1.82, 2.24) is 4.57 Å². The number of fused-ring (bicyclic) bond motifs is 3. The van der Waals surface area contributed by atoms with Gasteiger partial charge in [0.05, 0.1) is 11.0 Å². The summed E-state index contributed by atoms with van der Waals surface area (Å²) in [7, 11) is 0. The van der Waals surface area contributed by atoms with Crippen LogP contribution in [0.3, 0.4) is 0 Å². The van der Waals surface area contributed by atoms with E-state index < -0.39 is 0 Å². The number of rotatable bonds is 2. The molecular formula is C34H21BN2. The fourth-order valence-corrected chi connectivity index (χ4v) is 6.99. The number of benzene rings is 6. The number of nitrogens with zero attached hydrogens (tertiary/aromatic N) is 2. The average molecular weight is 468 g/mol. The normalized spacial score (nSPS) is 13.3. The first-order valence-electron chi connectivity index (χ1n) is 12.9. The van der Waals surface area contributed by atoms with Gasteiger partial charge in [0.2, 0.25) is 6.71 Å². The summed E-state index contributed by atoms with van der Waals surface area (Å²) in [5, 5.41) is 5.48. The summed E-state index contributed by atoms with van der Waals surface area (Å²) in [6.07, 6.45) is 0. The molecule has 6 aromatic carbocycles. The van der Waals surface area contributed by atoms with Gasteiger partial charge in [0, 0.05) is 33.5 Å². The van der Waals surface area contributed by atoms with E-state index in [1.165, 1.54) is 71.7 Å². The van der Waals surface area contributed by atoms with Crippen molar-refractivity contribution in [2.45, 2.75) is 0 Å². The third-order valence-electron chi connectivity index (χ3n) is 8.35. The van der Waals surface area contributed by atoms with E-state index in [4.69, 9.17) is 0 Å². The topological polar surface area (TPSA) is 8.17 Å². The van der Waals surface area contributed by atoms with Crippen LogP contribution in [0.2, 0.25) is 0 Å². The van der Waals surface area contributed by atoms with Crippen LogP contribution < -0.4 is 21.3 Å². The first-order valence-corrected chi connectivity index (χ1v) is 12.9. The van der Waals surface area contributed by atoms with Gasteiger partial charge in [-0.1, -0.05) is 84.3 Å². The second kappa shape index (κ2) is 6.92. The largest absolute Gasteiger partial charge is 0.312 e. The lowest BCUT2D eigenvalue weighted by molar-refractivity contribution is 1.18. The van der Waals surface area contributed by atoms with Crippen LogP contribution >= 0.6 is 0 Å². The minimum atomic E-state index is 0.197. The van der Waals surface area contributed by atoms with Crippen molar-refractivity contribution in [3.63, 3.8) is 0 Å². The summed E-state index contributed by atoms with van der Waals surface area (Å²) in [5.74, 6) is 0. The van der Waals surface area contributed by atoms with Crippen molar-refractivity contribution in [3.8, 4) is 5.69 Å². The molecule has 7 aromatic rings. The minimum Gasteiger partial charge on any atom is -0.312 e. The summed E-state index contributed by atoms with van der Waals surface area (Å²) < 4.78 is 2.45. The smallest absolute Gasteiger partial charge is 0.248 e. The molecule has 0 saturated carbocycles. The zero-order valence-electron chi connectivity index (χ0n) is 20.1. The lowest BCUT2D eigenvalue weighted by atomic mass is 9.33. The standard InChI is InChI=1S/C34H21BN2/c1-3-10-23(11-4-1)36-27-16-8-7-14-25(27)35-26-15-9-17-28-32(26)33-29(37(28)24-12-5-2-6-13-24)20-18-22-19-21-30(36)34(35)31(22)33/h1-21H. The molecule has 0 spiro atoms. The second-order valence-electron chi connectivity index (χ2n) is 10.1. The SMILES string of the molecule is c1ccc(N2c3ccccc3B3c4c2ccc2ccc5c(c42)c2c3cccc2n5-c2ccccc2)cc1. The fraction of sp³-hybridized carbons (Fsp3) is 0. The van der Waals surface area contributed by atoms with E-state index >= 15 is 0 Å². The highest BCUT2D eigenvalue weighted by atomic mass is 15.1. The Hall–Kier alpha value is -4.76. The van der Waals surface area contributed by atoms with E-state index in [0.29, 0.717) is 0 Å². The molecule has 2 aliphatic heterocycles. The van der Waals surface area contributed by atoms with Gasteiger partial charge < -0.3 is 9.47 Å². The van der Waals surface area contributed by atoms with Crippen LogP contribution in [0.25, 0.3) is 38.3 Å². The van der Waals surface area contributed by atoms with Gasteiger partial charge in [-0.2, -0.15) is 0 Å². The fourth-order valence-electron chi connectivity index (χ4n) is 6.99. The molecule has 170 valence electrons. The van der Waals surface area contributed by atoms with E-state index in [-0.39, 0.29) is 6.71 Å². The molecule has 0 bridgehead atoms. The number of hydrogen-bond acceptors (Lipinski definition) is 1. The Balaban J connectivity index is 1.51. The molecule has 3 heteroatoms. The van der Waals surface area contributed by atoms with Crippen LogP contribution in [0.5, 0.6) is 0 Å². The molecular weight excluding hydrogens is 447 g/mol. The van der Waals surface area contributed by atoms with Crippen LogP contribution in [-0.2, 0) is 0 Å². The van der Waals surface area contributed by atoms with Crippen molar-refractivity contribution < 1.29 is 0 Å². The number of aromatic nitrogens is 1. The van der Waals surface area contributed by atoms with Crippen molar-refractivity contribution in [1.29, 1.82) is 0 Å². The van der Waals surface area contributed by atoms with Crippen LogP contribution in [-0.4, -0.2) is 11.3 Å². The van der Waals surface area contributed by atoms with E-state index in [2.05, 4.69) is 137 Å². The van der Waals surface area contributed by atoms with Gasteiger partial charge in [0.25, 0.3) is 0 Å². The number of para-hydroxylation sites is 3. The first kappa shape index (κ1) is 19.4. The Kier molecular flexibility index (Phi) is 3.64. The maximum absolute atomic E-state index is 2.46. The summed E-state index contributed by atoms with van der Waals surface area (Å²) >= 11 is 0. The summed E-state index contributed by atoms with van der Waals surface area (Å²) in [6.45, 7) is 0.197. The van der Waals surface area contributed by atoms with Gasteiger partial charge in [-0.25, -0.2) is 0 Å². The monoisotopic (exact) mass is 468 g/mol. The summed E-state index contributed by atoms with van der Waals surface area (Å²) in [5.41, 5.74) is 11.7. The molecule has 3 heterocycles. The Bertz CT molecular complexity index is 2040. The quantitative estimate of drug-likeness (QED) is 0.261. The lowest BCUT2D eigenvalue weighted by Gasteiger charge is -2.39. The molecule has 0 radical (unpaired) electrons. The molecule has 0 fully saturated rings. The molecule has 0 N–H and O–H groups in total. The predicted octanol–water partition coefficient (Wildman–Crippen LogP) is 6.55. The van der Waals surface area contributed by atoms with Crippen LogP contribution in [0.15, 0.2) is 127 Å². The van der Waals surface area contributed by atoms with Crippen molar-refractivity contribution >= 4 is 72.7 Å². The third-order valence-corrected chi connectivity index (χ3v) is 8.35. The summed E-state index contributed by atoms with van der Waals surface area (Å²) in [4.78, 5) is 2.46. The minimum absolute atomic E-state index is 0.197. The Morgan fingerprint density at radius 1 is 0.432 bits per heavy atom. The van der Waals surface area contributed by atoms with Crippen LogP contribution in [0.4, 0.5) is 17.1 Å². The maximum Gasteiger partial charge on any atom is 0.248 e.